The van der Waals surface area contributed by atoms with E-state index in [1.807, 2.05) is 13.8 Å². The molecule has 0 unspecified atom stereocenters. The van der Waals surface area contributed by atoms with Gasteiger partial charge in [-0.1, -0.05) is 32.9 Å². The van der Waals surface area contributed by atoms with Crippen LogP contribution in [0.15, 0.2) is 12.2 Å². The molecule has 3 heterocycles. The largest absolute Gasteiger partial charge is 0.461 e. The number of rotatable bonds is 10. The molecule has 4 rings (SSSR count). The zero-order valence-corrected chi connectivity index (χ0v) is 29.0. The molecule has 1 aliphatic carbocycles. The number of carbonyl (C=O) groups is 1. The predicted octanol–water partition coefficient (Wildman–Crippen LogP) is 5.45. The number of methoxy groups -OCH3 is 2. The molecule has 11 heteroatoms. The minimum absolute atomic E-state index is 0.00940. The molecule has 0 bridgehead atoms. The number of ether oxygens (including phenoxy) is 5. The Morgan fingerprint density at radius 1 is 1.12 bits per heavy atom. The van der Waals surface area contributed by atoms with E-state index in [1.165, 1.54) is 0 Å². The first kappa shape index (κ1) is 33.8. The summed E-state index contributed by atoms with van der Waals surface area (Å²) in [6.07, 6.45) is 5.13. The third-order valence-electron chi connectivity index (χ3n) is 10.1. The minimum Gasteiger partial charge on any atom is -0.461 e. The van der Waals surface area contributed by atoms with Crippen LogP contribution in [-0.2, 0) is 32.9 Å². The van der Waals surface area contributed by atoms with E-state index >= 15 is 0 Å². The van der Waals surface area contributed by atoms with Gasteiger partial charge >= 0.3 is 5.97 Å². The van der Waals surface area contributed by atoms with Gasteiger partial charge in [0.25, 0.3) is 0 Å². The molecule has 8 nitrogen and oxygen atoms in total. The van der Waals surface area contributed by atoms with E-state index in [2.05, 4.69) is 46.0 Å². The number of aliphatic hydroxyl groups is 1. The Bertz CT molecular complexity index is 947. The van der Waals surface area contributed by atoms with Gasteiger partial charge in [0, 0.05) is 45.0 Å². The van der Waals surface area contributed by atoms with Gasteiger partial charge in [-0.25, -0.2) is 0 Å². The smallest absolute Gasteiger partial charge is 0.306 e. The summed E-state index contributed by atoms with van der Waals surface area (Å²) in [5.74, 6) is 0.921. The monoisotopic (exact) mass is 632 g/mol. The molecular formula is C30H52O8S2Si. The Morgan fingerprint density at radius 3 is 2.41 bits per heavy atom. The van der Waals surface area contributed by atoms with Gasteiger partial charge in [-0.15, -0.1) is 23.5 Å². The molecule has 0 spiro atoms. The van der Waals surface area contributed by atoms with Crippen molar-refractivity contribution in [3.8, 4) is 0 Å². The van der Waals surface area contributed by atoms with Crippen LogP contribution >= 0.6 is 23.5 Å². The van der Waals surface area contributed by atoms with E-state index in [-0.39, 0.29) is 48.1 Å². The summed E-state index contributed by atoms with van der Waals surface area (Å²) in [5.41, 5.74) is -2.03. The molecule has 1 N–H and O–H groups in total. The van der Waals surface area contributed by atoms with Gasteiger partial charge in [-0.05, 0) is 49.9 Å². The summed E-state index contributed by atoms with van der Waals surface area (Å²) in [7, 11) is 1.26. The standard InChI is InChI=1S/C30H52O8S2Si/c1-27(2,3)41(8,9)37-18-20-11-12-21-22(17-23(31)38-24(20)21)30(39-15-10-16-40-30)29(32)13-14-35-26(36-19-33-6)25(29)28(4,5)34-7/h11-12,20-22,24-26,32H,10,13-19H2,1-9H3/t20-,21+,22+,24+,25-,26-,29+/m1/s1. The fourth-order valence-corrected chi connectivity index (χ4v) is 11.8. The van der Waals surface area contributed by atoms with Crippen LogP contribution in [0.5, 0.6) is 0 Å². The van der Waals surface area contributed by atoms with Crippen molar-refractivity contribution < 1.29 is 38.0 Å². The fourth-order valence-electron chi connectivity index (χ4n) is 6.72. The average Bonchev–Trinajstić information content (AvgIpc) is 3.32. The van der Waals surface area contributed by atoms with Gasteiger partial charge in [-0.2, -0.15) is 0 Å². The fraction of sp³-hybridized carbons (Fsp3) is 0.900. The number of carbonyl (C=O) groups excluding carboxylic acids is 1. The topological polar surface area (TPSA) is 92.7 Å². The lowest BCUT2D eigenvalue weighted by molar-refractivity contribution is -0.308. The Morgan fingerprint density at radius 2 is 1.80 bits per heavy atom. The number of hydrogen-bond acceptors (Lipinski definition) is 10. The van der Waals surface area contributed by atoms with Crippen LogP contribution in [0, 0.1) is 23.7 Å². The SMILES string of the molecule is COCO[C@H]1OCC[C@@](O)(C2([C@H]3CC(=O)O[C@@H]4[C@H]3C=C[C@@H]4CO[Si](C)(C)C(C)(C)C)SCCCS2)[C@H]1C(C)(C)OC. The number of thioether (sulfide) groups is 2. The van der Waals surface area contributed by atoms with Crippen molar-refractivity contribution in [2.45, 2.75) is 99.7 Å². The van der Waals surface area contributed by atoms with Crippen molar-refractivity contribution in [1.82, 2.24) is 0 Å². The van der Waals surface area contributed by atoms with Crippen LogP contribution in [-0.4, -0.2) is 92.8 Å². The molecule has 41 heavy (non-hydrogen) atoms. The van der Waals surface area contributed by atoms with Crippen molar-refractivity contribution in [1.29, 1.82) is 0 Å². The quantitative estimate of drug-likeness (QED) is 0.145. The molecule has 3 fully saturated rings. The second-order valence-electron chi connectivity index (χ2n) is 14.0. The third-order valence-corrected chi connectivity index (χ3v) is 18.5. The van der Waals surface area contributed by atoms with E-state index < -0.39 is 35.8 Å². The zero-order chi connectivity index (χ0) is 30.3. The first-order chi connectivity index (χ1) is 19.1. The summed E-state index contributed by atoms with van der Waals surface area (Å²) in [6, 6.07) is 0. The van der Waals surface area contributed by atoms with Gasteiger partial charge < -0.3 is 33.2 Å². The van der Waals surface area contributed by atoms with Gasteiger partial charge in [0.2, 0.25) is 0 Å². The molecule has 0 amide bonds. The summed E-state index contributed by atoms with van der Waals surface area (Å²) < 4.78 is 35.4. The highest BCUT2D eigenvalue weighted by Crippen LogP contribution is 2.64. The lowest BCUT2D eigenvalue weighted by Crippen LogP contribution is -2.71. The number of fused-ring (bicyclic) bond motifs is 1. The van der Waals surface area contributed by atoms with Crippen molar-refractivity contribution in [2.75, 3.05) is 45.7 Å². The van der Waals surface area contributed by atoms with Crippen molar-refractivity contribution in [3.63, 3.8) is 0 Å². The van der Waals surface area contributed by atoms with Crippen LogP contribution in [0.4, 0.5) is 0 Å². The summed E-state index contributed by atoms with van der Waals surface area (Å²) in [4.78, 5) is 13.4. The van der Waals surface area contributed by atoms with Gasteiger partial charge in [0.05, 0.1) is 28.6 Å². The Hall–Kier alpha value is -0.113. The third kappa shape index (κ3) is 6.36. The van der Waals surface area contributed by atoms with E-state index in [0.717, 1.165) is 17.9 Å². The molecule has 4 aliphatic rings. The highest BCUT2D eigenvalue weighted by atomic mass is 32.2. The van der Waals surface area contributed by atoms with Crippen molar-refractivity contribution in [3.05, 3.63) is 12.2 Å². The summed E-state index contributed by atoms with van der Waals surface area (Å²) in [6.45, 7) is 16.1. The minimum atomic E-state index is -1.98. The van der Waals surface area contributed by atoms with Gasteiger partial charge in [-0.3, -0.25) is 4.79 Å². The van der Waals surface area contributed by atoms with E-state index in [1.54, 1.807) is 37.7 Å². The Balaban J connectivity index is 1.71. The zero-order valence-electron chi connectivity index (χ0n) is 26.4. The highest BCUT2D eigenvalue weighted by Gasteiger charge is 2.69. The first-order valence-electron chi connectivity index (χ1n) is 14.9. The molecule has 0 saturated carbocycles. The molecule has 0 aromatic heterocycles. The molecule has 0 aromatic rings. The maximum atomic E-state index is 13.4. The van der Waals surface area contributed by atoms with Gasteiger partial charge in [0.15, 0.2) is 14.6 Å². The Kier molecular flexibility index (Phi) is 10.5. The van der Waals surface area contributed by atoms with E-state index in [4.69, 9.17) is 28.1 Å². The van der Waals surface area contributed by atoms with Crippen LogP contribution in [0.1, 0.15) is 53.9 Å². The maximum Gasteiger partial charge on any atom is 0.306 e. The van der Waals surface area contributed by atoms with E-state index in [9.17, 15) is 9.90 Å². The molecular weight excluding hydrogens is 581 g/mol. The maximum absolute atomic E-state index is 13.4. The van der Waals surface area contributed by atoms with E-state index in [0.29, 0.717) is 19.6 Å². The average molecular weight is 633 g/mol. The van der Waals surface area contributed by atoms with Crippen LogP contribution < -0.4 is 0 Å². The number of esters is 1. The first-order valence-corrected chi connectivity index (χ1v) is 19.8. The molecule has 7 atom stereocenters. The second kappa shape index (κ2) is 12.7. The molecule has 3 aliphatic heterocycles. The van der Waals surface area contributed by atoms with Crippen molar-refractivity contribution in [2.24, 2.45) is 23.7 Å². The second-order valence-corrected chi connectivity index (χ2v) is 21.7. The lowest BCUT2D eigenvalue weighted by atomic mass is 9.65. The lowest BCUT2D eigenvalue weighted by Gasteiger charge is -2.62. The molecule has 0 radical (unpaired) electrons. The number of hydrogen-bond donors (Lipinski definition) is 1. The van der Waals surface area contributed by atoms with Crippen LogP contribution in [0.2, 0.25) is 18.1 Å². The summed E-state index contributed by atoms with van der Waals surface area (Å²) >= 11 is 3.60. The van der Waals surface area contributed by atoms with Crippen LogP contribution in [0.25, 0.3) is 0 Å². The van der Waals surface area contributed by atoms with Crippen molar-refractivity contribution >= 4 is 37.8 Å². The predicted molar refractivity (Wildman–Crippen MR) is 166 cm³/mol. The molecule has 0 aromatic carbocycles. The molecule has 236 valence electrons. The van der Waals surface area contributed by atoms with Crippen LogP contribution in [0.3, 0.4) is 0 Å². The molecule has 3 saturated heterocycles. The Labute approximate surface area is 256 Å². The normalized spacial score (nSPS) is 36.2. The summed E-state index contributed by atoms with van der Waals surface area (Å²) in [5, 5.41) is 13.2. The van der Waals surface area contributed by atoms with Gasteiger partial charge in [0.1, 0.15) is 18.5 Å². The highest BCUT2D eigenvalue weighted by molar-refractivity contribution is 8.19.